The number of benzene rings is 1. The molecule has 0 aromatic heterocycles. The number of guanidine groups is 1. The molecule has 110 valence electrons. The molecule has 0 spiro atoms. The van der Waals surface area contributed by atoms with E-state index < -0.39 is 0 Å². The first-order chi connectivity index (χ1) is 9.17. The zero-order valence-electron chi connectivity index (χ0n) is 12.3. The van der Waals surface area contributed by atoms with Crippen LogP contribution in [0.3, 0.4) is 0 Å². The molecule has 1 aromatic carbocycles. The van der Waals surface area contributed by atoms with Gasteiger partial charge in [0.05, 0.1) is 13.1 Å². The molecule has 2 N–H and O–H groups in total. The van der Waals surface area contributed by atoms with Crippen LogP contribution in [0.4, 0.5) is 5.69 Å². The van der Waals surface area contributed by atoms with Gasteiger partial charge in [-0.15, -0.1) is 30.4 Å². The minimum atomic E-state index is 0. The second-order valence-corrected chi connectivity index (χ2v) is 4.32. The topological polar surface area (TPSA) is 39.7 Å². The van der Waals surface area contributed by atoms with Crippen molar-refractivity contribution >= 4 is 35.6 Å². The Morgan fingerprint density at radius 3 is 2.70 bits per heavy atom. The largest absolute Gasteiger partial charge is 0.378 e. The lowest BCUT2D eigenvalue weighted by molar-refractivity contribution is 0.865. The molecule has 0 heterocycles. The van der Waals surface area contributed by atoms with E-state index in [9.17, 15) is 0 Å². The van der Waals surface area contributed by atoms with Crippen LogP contribution >= 0.6 is 24.0 Å². The van der Waals surface area contributed by atoms with E-state index in [0.717, 1.165) is 12.5 Å². The SMILES string of the molecule is C#CCNC(=NCc1cccc(N(C)C)c1)NCC.I. The van der Waals surface area contributed by atoms with Crippen molar-refractivity contribution in [3.05, 3.63) is 29.8 Å². The quantitative estimate of drug-likeness (QED) is 0.352. The molecule has 0 bridgehead atoms. The second-order valence-electron chi connectivity index (χ2n) is 4.32. The highest BCUT2D eigenvalue weighted by atomic mass is 127. The van der Waals surface area contributed by atoms with Crippen LogP contribution in [0.1, 0.15) is 12.5 Å². The van der Waals surface area contributed by atoms with Gasteiger partial charge in [0.25, 0.3) is 0 Å². The number of anilines is 1. The number of aliphatic imine (C=N–C) groups is 1. The van der Waals surface area contributed by atoms with Crippen LogP contribution < -0.4 is 15.5 Å². The van der Waals surface area contributed by atoms with Gasteiger partial charge in [-0.2, -0.15) is 0 Å². The van der Waals surface area contributed by atoms with Crippen LogP contribution in [0.25, 0.3) is 0 Å². The van der Waals surface area contributed by atoms with E-state index in [1.807, 2.05) is 27.1 Å². The summed E-state index contributed by atoms with van der Waals surface area (Å²) in [5.41, 5.74) is 2.35. The summed E-state index contributed by atoms with van der Waals surface area (Å²) in [6.45, 7) is 3.94. The first kappa shape index (κ1) is 18.6. The van der Waals surface area contributed by atoms with E-state index in [-0.39, 0.29) is 24.0 Å². The third-order valence-electron chi connectivity index (χ3n) is 2.55. The standard InChI is InChI=1S/C15H22N4.HI/c1-5-10-17-15(16-6-2)18-12-13-8-7-9-14(11-13)19(3)4;/h1,7-9,11H,6,10,12H2,2-4H3,(H2,16,17,18);1H. The molecule has 1 aromatic rings. The smallest absolute Gasteiger partial charge is 0.192 e. The maximum Gasteiger partial charge on any atom is 0.192 e. The van der Waals surface area contributed by atoms with Gasteiger partial charge in [0.15, 0.2) is 5.96 Å². The number of hydrogen-bond acceptors (Lipinski definition) is 2. The first-order valence-corrected chi connectivity index (χ1v) is 6.39. The second kappa shape index (κ2) is 10.4. The van der Waals surface area contributed by atoms with Crippen molar-refractivity contribution in [3.63, 3.8) is 0 Å². The van der Waals surface area contributed by atoms with Crippen LogP contribution in [0.5, 0.6) is 0 Å². The average molecular weight is 386 g/mol. The zero-order valence-corrected chi connectivity index (χ0v) is 14.6. The fraction of sp³-hybridized carbons (Fsp3) is 0.400. The zero-order chi connectivity index (χ0) is 14.1. The summed E-state index contributed by atoms with van der Waals surface area (Å²) >= 11 is 0. The molecule has 20 heavy (non-hydrogen) atoms. The van der Waals surface area contributed by atoms with Gasteiger partial charge in [-0.3, -0.25) is 0 Å². The molecule has 1 rings (SSSR count). The minimum absolute atomic E-state index is 0. The van der Waals surface area contributed by atoms with Gasteiger partial charge in [-0.25, -0.2) is 4.99 Å². The molecule has 0 aliphatic rings. The fourth-order valence-corrected chi connectivity index (χ4v) is 1.58. The summed E-state index contributed by atoms with van der Waals surface area (Å²) in [5, 5.41) is 6.23. The van der Waals surface area contributed by atoms with Crippen molar-refractivity contribution in [1.29, 1.82) is 0 Å². The van der Waals surface area contributed by atoms with Crippen LogP contribution in [-0.2, 0) is 6.54 Å². The monoisotopic (exact) mass is 386 g/mol. The summed E-state index contributed by atoms with van der Waals surface area (Å²) in [4.78, 5) is 6.58. The maximum absolute atomic E-state index is 5.23. The van der Waals surface area contributed by atoms with Crippen molar-refractivity contribution in [2.45, 2.75) is 13.5 Å². The Labute approximate surface area is 139 Å². The fourth-order valence-electron chi connectivity index (χ4n) is 1.58. The average Bonchev–Trinajstić information content (AvgIpc) is 2.42. The van der Waals surface area contributed by atoms with E-state index in [1.165, 1.54) is 11.3 Å². The van der Waals surface area contributed by atoms with Gasteiger partial charge in [0.2, 0.25) is 0 Å². The highest BCUT2D eigenvalue weighted by Gasteiger charge is 1.99. The Bertz CT molecular complexity index is 463. The third-order valence-corrected chi connectivity index (χ3v) is 2.55. The first-order valence-electron chi connectivity index (χ1n) is 6.39. The van der Waals surface area contributed by atoms with Gasteiger partial charge in [0.1, 0.15) is 0 Å². The Kier molecular flexibility index (Phi) is 9.64. The molecule has 0 atom stereocenters. The lowest BCUT2D eigenvalue weighted by Gasteiger charge is -2.13. The number of nitrogens with one attached hydrogen (secondary N) is 2. The van der Waals surface area contributed by atoms with Crippen molar-refractivity contribution in [1.82, 2.24) is 10.6 Å². The number of nitrogens with zero attached hydrogens (tertiary/aromatic N) is 2. The van der Waals surface area contributed by atoms with Crippen LogP contribution in [-0.4, -0.2) is 33.1 Å². The van der Waals surface area contributed by atoms with E-state index in [0.29, 0.717) is 13.1 Å². The Hall–Kier alpha value is -1.42. The summed E-state index contributed by atoms with van der Waals surface area (Å²) in [6.07, 6.45) is 5.23. The maximum atomic E-state index is 5.23. The number of terminal acetylenes is 1. The summed E-state index contributed by atoms with van der Waals surface area (Å²) < 4.78 is 0. The van der Waals surface area contributed by atoms with Crippen molar-refractivity contribution < 1.29 is 0 Å². The molecule has 0 saturated carbocycles. The molecular weight excluding hydrogens is 363 g/mol. The van der Waals surface area contributed by atoms with Crippen molar-refractivity contribution in [2.24, 2.45) is 4.99 Å². The lowest BCUT2D eigenvalue weighted by atomic mass is 10.2. The molecule has 5 heteroatoms. The molecule has 0 saturated heterocycles. The molecule has 0 radical (unpaired) electrons. The van der Waals surface area contributed by atoms with Gasteiger partial charge >= 0.3 is 0 Å². The Morgan fingerprint density at radius 1 is 1.35 bits per heavy atom. The van der Waals surface area contributed by atoms with Gasteiger partial charge in [-0.05, 0) is 24.6 Å². The van der Waals surface area contributed by atoms with E-state index in [1.54, 1.807) is 0 Å². The molecule has 0 amide bonds. The normalized spacial score (nSPS) is 10.2. The predicted molar refractivity (Wildman–Crippen MR) is 97.8 cm³/mol. The predicted octanol–water partition coefficient (Wildman–Crippen LogP) is 2.06. The summed E-state index contributed by atoms with van der Waals surface area (Å²) in [5.74, 6) is 3.29. The Morgan fingerprint density at radius 2 is 2.10 bits per heavy atom. The highest BCUT2D eigenvalue weighted by Crippen LogP contribution is 2.13. The molecule has 4 nitrogen and oxygen atoms in total. The van der Waals surface area contributed by atoms with Gasteiger partial charge in [-0.1, -0.05) is 18.1 Å². The highest BCUT2D eigenvalue weighted by molar-refractivity contribution is 14.0. The lowest BCUT2D eigenvalue weighted by Crippen LogP contribution is -2.37. The Balaban J connectivity index is 0.00000361. The van der Waals surface area contributed by atoms with Crippen molar-refractivity contribution in [2.75, 3.05) is 32.1 Å². The molecule has 0 aliphatic heterocycles. The van der Waals surface area contributed by atoms with Crippen LogP contribution in [0.15, 0.2) is 29.3 Å². The number of hydrogen-bond donors (Lipinski definition) is 2. The molecule has 0 fully saturated rings. The number of halogens is 1. The van der Waals surface area contributed by atoms with Gasteiger partial charge < -0.3 is 15.5 Å². The number of rotatable bonds is 5. The summed E-state index contributed by atoms with van der Waals surface area (Å²) in [6, 6.07) is 8.33. The molecule has 0 unspecified atom stereocenters. The minimum Gasteiger partial charge on any atom is -0.378 e. The van der Waals surface area contributed by atoms with Crippen molar-refractivity contribution in [3.8, 4) is 12.3 Å². The van der Waals surface area contributed by atoms with E-state index in [2.05, 4.69) is 44.6 Å². The van der Waals surface area contributed by atoms with Gasteiger partial charge in [0, 0.05) is 26.3 Å². The van der Waals surface area contributed by atoms with Crippen LogP contribution in [0.2, 0.25) is 0 Å². The van der Waals surface area contributed by atoms with E-state index >= 15 is 0 Å². The van der Waals surface area contributed by atoms with E-state index in [4.69, 9.17) is 6.42 Å². The molecular formula is C15H23IN4. The third kappa shape index (κ3) is 6.66. The summed E-state index contributed by atoms with van der Waals surface area (Å²) in [7, 11) is 4.06. The molecule has 0 aliphatic carbocycles. The van der Waals surface area contributed by atoms with Crippen LogP contribution in [0, 0.1) is 12.3 Å².